The Morgan fingerprint density at radius 3 is 2.50 bits per heavy atom. The molecule has 2 N–H and O–H groups in total. The number of hydrogen-bond acceptors (Lipinski definition) is 4. The van der Waals surface area contributed by atoms with Crippen LogP contribution in [0.3, 0.4) is 0 Å². The Morgan fingerprint density at radius 2 is 2.06 bits per heavy atom. The Hall–Kier alpha value is -1.40. The second-order valence-corrected chi connectivity index (χ2v) is 3.58. The lowest BCUT2D eigenvalue weighted by Gasteiger charge is -2.13. The van der Waals surface area contributed by atoms with Crippen molar-refractivity contribution in [3.05, 3.63) is 23.5 Å². The summed E-state index contributed by atoms with van der Waals surface area (Å²) in [5, 5.41) is 17.7. The van der Waals surface area contributed by atoms with Crippen molar-refractivity contribution in [3.63, 3.8) is 0 Å². The zero-order valence-corrected chi connectivity index (χ0v) is 8.98. The van der Waals surface area contributed by atoms with E-state index in [1.807, 2.05) is 0 Å². The molecule has 16 heavy (non-hydrogen) atoms. The first-order valence-corrected chi connectivity index (χ1v) is 4.77. The van der Waals surface area contributed by atoms with Gasteiger partial charge in [-0.3, -0.25) is 4.79 Å². The molecule has 0 amide bonds. The van der Waals surface area contributed by atoms with E-state index < -0.39 is 12.9 Å². The minimum Gasteiger partial charge on any atom is -0.487 e. The number of aldehydes is 1. The van der Waals surface area contributed by atoms with Gasteiger partial charge in [-0.15, -0.1) is 0 Å². The van der Waals surface area contributed by atoms with Crippen LogP contribution in [-0.4, -0.2) is 29.6 Å². The lowest BCUT2D eigenvalue weighted by atomic mass is 9.79. The molecular formula is C10H12BFO4. The lowest BCUT2D eigenvalue weighted by Crippen LogP contribution is -2.31. The van der Waals surface area contributed by atoms with E-state index in [1.165, 1.54) is 6.07 Å². The summed E-state index contributed by atoms with van der Waals surface area (Å²) in [7, 11) is -1.82. The molecular weight excluding hydrogens is 214 g/mol. The SMILES string of the molecule is CC(C)Oc1c(F)cc(B(O)O)cc1C=O. The van der Waals surface area contributed by atoms with Crippen LogP contribution in [-0.2, 0) is 0 Å². The van der Waals surface area contributed by atoms with Gasteiger partial charge in [-0.2, -0.15) is 0 Å². The number of hydrogen-bond donors (Lipinski definition) is 2. The van der Waals surface area contributed by atoms with Gasteiger partial charge in [0.2, 0.25) is 0 Å². The number of carbonyl (C=O) groups excluding carboxylic acids is 1. The lowest BCUT2D eigenvalue weighted by molar-refractivity contribution is 0.111. The fourth-order valence-corrected chi connectivity index (χ4v) is 1.23. The van der Waals surface area contributed by atoms with Gasteiger partial charge in [0.25, 0.3) is 0 Å². The molecule has 0 unspecified atom stereocenters. The first kappa shape index (κ1) is 12.7. The Labute approximate surface area is 92.8 Å². The van der Waals surface area contributed by atoms with Crippen LogP contribution in [0.5, 0.6) is 5.75 Å². The molecule has 4 nitrogen and oxygen atoms in total. The van der Waals surface area contributed by atoms with Gasteiger partial charge >= 0.3 is 7.12 Å². The van der Waals surface area contributed by atoms with Gasteiger partial charge in [0, 0.05) is 0 Å². The molecule has 0 atom stereocenters. The fourth-order valence-electron chi connectivity index (χ4n) is 1.23. The van der Waals surface area contributed by atoms with Gasteiger partial charge in [-0.05, 0) is 31.4 Å². The van der Waals surface area contributed by atoms with E-state index in [9.17, 15) is 9.18 Å². The average Bonchev–Trinajstić information content (AvgIpc) is 2.19. The van der Waals surface area contributed by atoms with Gasteiger partial charge in [-0.1, -0.05) is 0 Å². The maximum Gasteiger partial charge on any atom is 0.488 e. The minimum atomic E-state index is -1.82. The van der Waals surface area contributed by atoms with E-state index in [2.05, 4.69) is 0 Å². The third kappa shape index (κ3) is 2.80. The highest BCUT2D eigenvalue weighted by atomic mass is 19.1. The summed E-state index contributed by atoms with van der Waals surface area (Å²) in [6, 6.07) is 2.10. The van der Waals surface area contributed by atoms with Gasteiger partial charge in [0.05, 0.1) is 11.7 Å². The Bertz CT molecular complexity index is 393. The van der Waals surface area contributed by atoms with Crippen molar-refractivity contribution in [3.8, 4) is 5.75 Å². The maximum atomic E-state index is 13.5. The highest BCUT2D eigenvalue weighted by Gasteiger charge is 2.19. The topological polar surface area (TPSA) is 66.8 Å². The predicted molar refractivity (Wildman–Crippen MR) is 57.4 cm³/mol. The summed E-state index contributed by atoms with van der Waals surface area (Å²) >= 11 is 0. The number of benzene rings is 1. The molecule has 0 spiro atoms. The third-order valence-corrected chi connectivity index (χ3v) is 1.87. The van der Waals surface area contributed by atoms with Gasteiger partial charge < -0.3 is 14.8 Å². The van der Waals surface area contributed by atoms with E-state index in [1.54, 1.807) is 13.8 Å². The van der Waals surface area contributed by atoms with Gasteiger partial charge in [0.15, 0.2) is 17.9 Å². The van der Waals surface area contributed by atoms with Crippen molar-refractivity contribution in [2.24, 2.45) is 0 Å². The van der Waals surface area contributed by atoms with Crippen LogP contribution in [0.1, 0.15) is 24.2 Å². The highest BCUT2D eigenvalue weighted by molar-refractivity contribution is 6.58. The molecule has 0 aliphatic carbocycles. The summed E-state index contributed by atoms with van der Waals surface area (Å²) in [6.45, 7) is 3.39. The third-order valence-electron chi connectivity index (χ3n) is 1.87. The zero-order valence-electron chi connectivity index (χ0n) is 8.98. The second-order valence-electron chi connectivity index (χ2n) is 3.58. The van der Waals surface area contributed by atoms with E-state index in [-0.39, 0.29) is 22.9 Å². The van der Waals surface area contributed by atoms with Crippen LogP contribution >= 0.6 is 0 Å². The average molecular weight is 226 g/mol. The maximum absolute atomic E-state index is 13.5. The molecule has 0 radical (unpaired) electrons. The summed E-state index contributed by atoms with van der Waals surface area (Å²) in [5.41, 5.74) is -0.132. The zero-order chi connectivity index (χ0) is 12.3. The monoisotopic (exact) mass is 226 g/mol. The molecule has 0 saturated carbocycles. The van der Waals surface area contributed by atoms with Crippen molar-refractivity contribution < 1.29 is 24.0 Å². The molecule has 0 saturated heterocycles. The molecule has 86 valence electrons. The van der Waals surface area contributed by atoms with Gasteiger partial charge in [-0.25, -0.2) is 4.39 Å². The largest absolute Gasteiger partial charge is 0.488 e. The quantitative estimate of drug-likeness (QED) is 0.564. The molecule has 0 heterocycles. The first-order chi connectivity index (χ1) is 7.45. The van der Waals surface area contributed by atoms with Crippen molar-refractivity contribution in [2.75, 3.05) is 0 Å². The normalized spacial score (nSPS) is 10.4. The number of ether oxygens (including phenoxy) is 1. The van der Waals surface area contributed by atoms with Gasteiger partial charge in [0.1, 0.15) is 0 Å². The Balaban J connectivity index is 3.23. The van der Waals surface area contributed by atoms with E-state index in [0.717, 1.165) is 6.07 Å². The molecule has 1 aromatic rings. The molecule has 1 aromatic carbocycles. The summed E-state index contributed by atoms with van der Waals surface area (Å²) < 4.78 is 18.6. The number of halogens is 1. The Morgan fingerprint density at radius 1 is 1.44 bits per heavy atom. The van der Waals surface area contributed by atoms with Crippen LogP contribution in [0.4, 0.5) is 4.39 Å². The van der Waals surface area contributed by atoms with Crippen LogP contribution in [0.25, 0.3) is 0 Å². The smallest absolute Gasteiger partial charge is 0.487 e. The number of rotatable bonds is 4. The van der Waals surface area contributed by atoms with Crippen molar-refractivity contribution >= 4 is 18.9 Å². The van der Waals surface area contributed by atoms with Crippen molar-refractivity contribution in [1.82, 2.24) is 0 Å². The Kier molecular flexibility index (Phi) is 4.03. The van der Waals surface area contributed by atoms with Crippen LogP contribution in [0, 0.1) is 5.82 Å². The van der Waals surface area contributed by atoms with Crippen LogP contribution in [0.2, 0.25) is 0 Å². The molecule has 0 bridgehead atoms. The standard InChI is InChI=1S/C10H12BFO4/c1-6(2)16-10-7(5-13)3-8(11(14)15)4-9(10)12/h3-6,14-15H,1-2H3. The molecule has 0 aromatic heterocycles. The van der Waals surface area contributed by atoms with E-state index in [0.29, 0.717) is 6.29 Å². The summed E-state index contributed by atoms with van der Waals surface area (Å²) in [4.78, 5) is 10.7. The van der Waals surface area contributed by atoms with Crippen LogP contribution < -0.4 is 10.2 Å². The summed E-state index contributed by atoms with van der Waals surface area (Å²) in [6.07, 6.45) is 0.130. The van der Waals surface area contributed by atoms with Crippen LogP contribution in [0.15, 0.2) is 12.1 Å². The predicted octanol–water partition coefficient (Wildman–Crippen LogP) is 0.105. The first-order valence-electron chi connectivity index (χ1n) is 4.77. The highest BCUT2D eigenvalue weighted by Crippen LogP contribution is 2.21. The van der Waals surface area contributed by atoms with Crippen molar-refractivity contribution in [2.45, 2.75) is 20.0 Å². The molecule has 0 aliphatic heterocycles. The molecule has 6 heteroatoms. The summed E-state index contributed by atoms with van der Waals surface area (Å²) in [5.74, 6) is -0.962. The fraction of sp³-hybridized carbons (Fsp3) is 0.300. The van der Waals surface area contributed by atoms with E-state index in [4.69, 9.17) is 14.8 Å². The minimum absolute atomic E-state index is 0.0446. The molecule has 0 aliphatic rings. The number of carbonyl (C=O) groups is 1. The van der Waals surface area contributed by atoms with Crippen molar-refractivity contribution in [1.29, 1.82) is 0 Å². The second kappa shape index (κ2) is 5.09. The van der Waals surface area contributed by atoms with E-state index >= 15 is 0 Å². The molecule has 0 fully saturated rings. The molecule has 1 rings (SSSR count).